The average Bonchev–Trinajstić information content (AvgIpc) is 3.03. The van der Waals surface area contributed by atoms with Crippen LogP contribution in [0.15, 0.2) is 41.0 Å². The zero-order valence-electron chi connectivity index (χ0n) is 10.4. The summed E-state index contributed by atoms with van der Waals surface area (Å²) in [7, 11) is 0. The number of fused-ring (bicyclic) bond motifs is 1. The molecule has 0 saturated heterocycles. The van der Waals surface area contributed by atoms with Crippen LogP contribution in [0.25, 0.3) is 11.0 Å². The van der Waals surface area contributed by atoms with Crippen molar-refractivity contribution in [1.29, 1.82) is 0 Å². The van der Waals surface area contributed by atoms with Crippen molar-refractivity contribution in [2.24, 2.45) is 0 Å². The molecule has 0 aliphatic heterocycles. The number of carbonyl (C=O) groups is 1. The van der Waals surface area contributed by atoms with Gasteiger partial charge in [-0.05, 0) is 18.2 Å². The molecule has 1 aromatic carbocycles. The van der Waals surface area contributed by atoms with Crippen molar-refractivity contribution < 1.29 is 9.21 Å². The van der Waals surface area contributed by atoms with Gasteiger partial charge in [-0.15, -0.1) is 0 Å². The molecule has 5 nitrogen and oxygen atoms in total. The molecule has 2 heterocycles. The van der Waals surface area contributed by atoms with Gasteiger partial charge in [0.15, 0.2) is 0 Å². The summed E-state index contributed by atoms with van der Waals surface area (Å²) in [6.07, 6.45) is 2.20. The molecular formula is C14H13N3O2. The van der Waals surface area contributed by atoms with Crippen LogP contribution in [0.4, 0.5) is 5.95 Å². The minimum Gasteiger partial charge on any atom is -0.469 e. The maximum atomic E-state index is 12.1. The fourth-order valence-corrected chi connectivity index (χ4v) is 2.00. The first kappa shape index (κ1) is 11.5. The average molecular weight is 255 g/mol. The van der Waals surface area contributed by atoms with Gasteiger partial charge in [-0.2, -0.15) is 0 Å². The monoisotopic (exact) mass is 255 g/mol. The second kappa shape index (κ2) is 4.61. The van der Waals surface area contributed by atoms with Gasteiger partial charge in [0, 0.05) is 6.42 Å². The Kier molecular flexibility index (Phi) is 2.79. The number of anilines is 1. The van der Waals surface area contributed by atoms with Gasteiger partial charge in [-0.1, -0.05) is 19.1 Å². The van der Waals surface area contributed by atoms with E-state index in [1.807, 2.05) is 31.2 Å². The zero-order valence-corrected chi connectivity index (χ0v) is 10.4. The van der Waals surface area contributed by atoms with Crippen molar-refractivity contribution in [2.45, 2.75) is 13.3 Å². The summed E-state index contributed by atoms with van der Waals surface area (Å²) in [6.45, 7) is 1.94. The molecule has 19 heavy (non-hydrogen) atoms. The maximum absolute atomic E-state index is 12.1. The number of aromatic nitrogens is 2. The number of nitrogens with one attached hydrogen (secondary N) is 2. The SMILES string of the molecule is CCc1occc1C(=O)Nc1nc2ccccc2[nH]1. The van der Waals surface area contributed by atoms with E-state index in [1.165, 1.54) is 6.26 Å². The summed E-state index contributed by atoms with van der Waals surface area (Å²) < 4.78 is 5.24. The van der Waals surface area contributed by atoms with Crippen LogP contribution in [0.2, 0.25) is 0 Å². The van der Waals surface area contributed by atoms with E-state index in [0.717, 1.165) is 11.0 Å². The van der Waals surface area contributed by atoms with Gasteiger partial charge in [0.05, 0.1) is 22.9 Å². The molecule has 5 heteroatoms. The highest BCUT2D eigenvalue weighted by atomic mass is 16.3. The molecular weight excluding hydrogens is 242 g/mol. The molecule has 2 aromatic heterocycles. The molecule has 0 fully saturated rings. The quantitative estimate of drug-likeness (QED) is 0.755. The summed E-state index contributed by atoms with van der Waals surface area (Å²) in [5, 5.41) is 2.74. The second-order valence-electron chi connectivity index (χ2n) is 4.17. The molecule has 2 N–H and O–H groups in total. The number of para-hydroxylation sites is 2. The Labute approximate surface area is 109 Å². The summed E-state index contributed by atoms with van der Waals surface area (Å²) >= 11 is 0. The number of carbonyl (C=O) groups excluding carboxylic acids is 1. The third-order valence-electron chi connectivity index (χ3n) is 2.93. The smallest absolute Gasteiger partial charge is 0.261 e. The summed E-state index contributed by atoms with van der Waals surface area (Å²) in [5.74, 6) is 0.896. The van der Waals surface area contributed by atoms with Gasteiger partial charge in [0.1, 0.15) is 5.76 Å². The third kappa shape index (κ3) is 2.10. The van der Waals surface area contributed by atoms with Crippen molar-refractivity contribution in [3.8, 4) is 0 Å². The van der Waals surface area contributed by atoms with Crippen molar-refractivity contribution in [3.63, 3.8) is 0 Å². The normalized spacial score (nSPS) is 10.8. The Morgan fingerprint density at radius 3 is 3.00 bits per heavy atom. The molecule has 3 aromatic rings. The van der Waals surface area contributed by atoms with E-state index in [2.05, 4.69) is 15.3 Å². The number of benzene rings is 1. The number of imidazole rings is 1. The molecule has 0 bridgehead atoms. The molecule has 0 atom stereocenters. The van der Waals surface area contributed by atoms with Crippen LogP contribution < -0.4 is 5.32 Å². The van der Waals surface area contributed by atoms with E-state index in [0.29, 0.717) is 23.7 Å². The molecule has 96 valence electrons. The van der Waals surface area contributed by atoms with Crippen LogP contribution in [-0.4, -0.2) is 15.9 Å². The van der Waals surface area contributed by atoms with Gasteiger partial charge >= 0.3 is 0 Å². The minimum absolute atomic E-state index is 0.218. The number of amides is 1. The first-order valence-electron chi connectivity index (χ1n) is 6.10. The molecule has 0 spiro atoms. The molecule has 0 radical (unpaired) electrons. The van der Waals surface area contributed by atoms with Crippen molar-refractivity contribution in [3.05, 3.63) is 47.9 Å². The fraction of sp³-hybridized carbons (Fsp3) is 0.143. The van der Waals surface area contributed by atoms with Crippen LogP contribution in [0.3, 0.4) is 0 Å². The van der Waals surface area contributed by atoms with E-state index in [4.69, 9.17) is 4.42 Å². The molecule has 1 amide bonds. The van der Waals surface area contributed by atoms with Crippen molar-refractivity contribution in [1.82, 2.24) is 9.97 Å². The van der Waals surface area contributed by atoms with Crippen LogP contribution in [0, 0.1) is 0 Å². The largest absolute Gasteiger partial charge is 0.469 e. The second-order valence-corrected chi connectivity index (χ2v) is 4.17. The maximum Gasteiger partial charge on any atom is 0.261 e. The highest BCUT2D eigenvalue weighted by Crippen LogP contribution is 2.16. The predicted molar refractivity (Wildman–Crippen MR) is 72.1 cm³/mol. The number of hydrogen-bond acceptors (Lipinski definition) is 3. The molecule has 0 aliphatic rings. The predicted octanol–water partition coefficient (Wildman–Crippen LogP) is 2.97. The molecule has 0 saturated carbocycles. The lowest BCUT2D eigenvalue weighted by molar-refractivity contribution is 0.102. The van der Waals surface area contributed by atoms with Crippen molar-refractivity contribution >= 4 is 22.9 Å². The van der Waals surface area contributed by atoms with Gasteiger partial charge in [-0.3, -0.25) is 10.1 Å². The Morgan fingerprint density at radius 2 is 2.21 bits per heavy atom. The van der Waals surface area contributed by atoms with Gasteiger partial charge in [0.2, 0.25) is 5.95 Å². The molecule has 3 rings (SSSR count). The van der Waals surface area contributed by atoms with Gasteiger partial charge in [-0.25, -0.2) is 4.98 Å². The first-order chi connectivity index (χ1) is 9.28. The zero-order chi connectivity index (χ0) is 13.2. The number of aromatic amines is 1. The Balaban J connectivity index is 1.86. The standard InChI is InChI=1S/C14H13N3O2/c1-2-12-9(7-8-19-12)13(18)17-14-15-10-5-3-4-6-11(10)16-14/h3-8H,2H2,1H3,(H2,15,16,17,18). The number of rotatable bonds is 3. The Morgan fingerprint density at radius 1 is 1.37 bits per heavy atom. The lowest BCUT2D eigenvalue weighted by atomic mass is 10.2. The number of H-pyrrole nitrogens is 1. The molecule has 0 aliphatic carbocycles. The van der Waals surface area contributed by atoms with Crippen molar-refractivity contribution in [2.75, 3.05) is 5.32 Å². The highest BCUT2D eigenvalue weighted by molar-refractivity contribution is 6.04. The lowest BCUT2D eigenvalue weighted by Crippen LogP contribution is -2.13. The summed E-state index contributed by atoms with van der Waals surface area (Å²) in [5.41, 5.74) is 2.25. The summed E-state index contributed by atoms with van der Waals surface area (Å²) in [6, 6.07) is 9.28. The van der Waals surface area contributed by atoms with E-state index in [-0.39, 0.29) is 5.91 Å². The number of nitrogens with zero attached hydrogens (tertiary/aromatic N) is 1. The molecule has 0 unspecified atom stereocenters. The van der Waals surface area contributed by atoms with E-state index in [1.54, 1.807) is 6.07 Å². The lowest BCUT2D eigenvalue weighted by Gasteiger charge is -2.00. The van der Waals surface area contributed by atoms with E-state index in [9.17, 15) is 4.79 Å². The third-order valence-corrected chi connectivity index (χ3v) is 2.93. The Bertz CT molecular complexity index is 694. The number of furan rings is 1. The van der Waals surface area contributed by atoms with Gasteiger partial charge < -0.3 is 9.40 Å². The highest BCUT2D eigenvalue weighted by Gasteiger charge is 2.14. The number of hydrogen-bond donors (Lipinski definition) is 2. The van der Waals surface area contributed by atoms with Crippen LogP contribution >= 0.6 is 0 Å². The van der Waals surface area contributed by atoms with Crippen LogP contribution in [0.1, 0.15) is 23.0 Å². The minimum atomic E-state index is -0.218. The Hall–Kier alpha value is -2.56. The summed E-state index contributed by atoms with van der Waals surface area (Å²) in [4.78, 5) is 19.5. The van der Waals surface area contributed by atoms with E-state index >= 15 is 0 Å². The number of aryl methyl sites for hydroxylation is 1. The van der Waals surface area contributed by atoms with Crippen LogP contribution in [0.5, 0.6) is 0 Å². The first-order valence-corrected chi connectivity index (χ1v) is 6.10. The van der Waals surface area contributed by atoms with Gasteiger partial charge in [0.25, 0.3) is 5.91 Å². The fourth-order valence-electron chi connectivity index (χ4n) is 2.00. The topological polar surface area (TPSA) is 70.9 Å². The van der Waals surface area contributed by atoms with E-state index < -0.39 is 0 Å². The van der Waals surface area contributed by atoms with Crippen LogP contribution in [-0.2, 0) is 6.42 Å².